The molecule has 2 heterocycles. The van der Waals surface area contributed by atoms with Crippen LogP contribution in [-0.4, -0.2) is 52.1 Å². The summed E-state index contributed by atoms with van der Waals surface area (Å²) < 4.78 is 5.25. The van der Waals surface area contributed by atoms with Crippen molar-refractivity contribution in [3.8, 4) is 6.01 Å². The molecule has 0 radical (unpaired) electrons. The van der Waals surface area contributed by atoms with Gasteiger partial charge in [-0.2, -0.15) is 15.0 Å². The van der Waals surface area contributed by atoms with Crippen LogP contribution in [0.4, 0.5) is 5.95 Å². The molecular formula is C12H20ClN5O. The Hall–Kier alpha value is -1.14. The Labute approximate surface area is 118 Å². The molecule has 1 aromatic heterocycles. The molecule has 1 unspecified atom stereocenters. The zero-order valence-corrected chi connectivity index (χ0v) is 12.2. The number of hydrogen-bond acceptors (Lipinski definition) is 6. The summed E-state index contributed by atoms with van der Waals surface area (Å²) in [6.07, 6.45) is 2.58. The highest BCUT2D eigenvalue weighted by atomic mass is 35.5. The van der Waals surface area contributed by atoms with E-state index in [9.17, 15) is 0 Å². The van der Waals surface area contributed by atoms with Gasteiger partial charge in [-0.25, -0.2) is 0 Å². The lowest BCUT2D eigenvalue weighted by molar-refractivity contribution is 0.311. The van der Waals surface area contributed by atoms with E-state index >= 15 is 0 Å². The molecule has 1 N–H and O–H groups in total. The van der Waals surface area contributed by atoms with Crippen LogP contribution in [0.3, 0.4) is 0 Å². The molecule has 0 saturated carbocycles. The third-order valence-electron chi connectivity index (χ3n) is 2.97. The van der Waals surface area contributed by atoms with E-state index in [1.54, 1.807) is 0 Å². The molecular weight excluding hydrogens is 266 g/mol. The molecule has 106 valence electrons. The number of ether oxygens (including phenoxy) is 1. The topological polar surface area (TPSA) is 63.2 Å². The molecule has 0 aromatic carbocycles. The van der Waals surface area contributed by atoms with Gasteiger partial charge in [-0.1, -0.05) is 0 Å². The van der Waals surface area contributed by atoms with Gasteiger partial charge in [-0.05, 0) is 51.4 Å². The molecule has 1 aliphatic rings. The summed E-state index contributed by atoms with van der Waals surface area (Å²) in [5, 5.41) is 3.39. The first-order valence-electron chi connectivity index (χ1n) is 6.70. The van der Waals surface area contributed by atoms with E-state index in [-0.39, 0.29) is 17.3 Å². The Morgan fingerprint density at radius 2 is 2.05 bits per heavy atom. The Morgan fingerprint density at radius 1 is 1.32 bits per heavy atom. The minimum atomic E-state index is 0.148. The maximum Gasteiger partial charge on any atom is 0.322 e. The van der Waals surface area contributed by atoms with Crippen LogP contribution in [0.15, 0.2) is 0 Å². The first-order chi connectivity index (χ1) is 9.17. The van der Waals surface area contributed by atoms with Gasteiger partial charge in [0, 0.05) is 12.6 Å². The van der Waals surface area contributed by atoms with Gasteiger partial charge in [0.2, 0.25) is 11.2 Å². The van der Waals surface area contributed by atoms with Crippen LogP contribution in [0.2, 0.25) is 5.28 Å². The predicted octanol–water partition coefficient (Wildman–Crippen LogP) is 1.82. The van der Waals surface area contributed by atoms with E-state index in [1.807, 2.05) is 6.92 Å². The molecule has 7 heteroatoms. The lowest BCUT2D eigenvalue weighted by atomic mass is 10.3. The van der Waals surface area contributed by atoms with E-state index in [0.29, 0.717) is 12.6 Å². The summed E-state index contributed by atoms with van der Waals surface area (Å²) in [6.45, 7) is 7.82. The van der Waals surface area contributed by atoms with Gasteiger partial charge in [-0.15, -0.1) is 0 Å². The van der Waals surface area contributed by atoms with Crippen LogP contribution >= 0.6 is 11.6 Å². The van der Waals surface area contributed by atoms with Gasteiger partial charge in [0.15, 0.2) is 0 Å². The summed E-state index contributed by atoms with van der Waals surface area (Å²) in [6, 6.07) is 0.518. The highest BCUT2D eigenvalue weighted by molar-refractivity contribution is 6.28. The minimum absolute atomic E-state index is 0.148. The number of anilines is 1. The Kier molecular flexibility index (Phi) is 5.15. The standard InChI is InChI=1S/C12H20ClN5O/c1-3-19-12-16-10(13)15-11(17-12)14-9(2)8-18-6-4-5-7-18/h9H,3-8H2,1-2H3,(H,14,15,16,17). The van der Waals surface area contributed by atoms with E-state index in [1.165, 1.54) is 25.9 Å². The van der Waals surface area contributed by atoms with Crippen LogP contribution < -0.4 is 10.1 Å². The fourth-order valence-electron chi connectivity index (χ4n) is 2.21. The maximum atomic E-state index is 5.85. The highest BCUT2D eigenvalue weighted by Gasteiger charge is 2.15. The lowest BCUT2D eigenvalue weighted by Gasteiger charge is -2.21. The molecule has 0 amide bonds. The molecule has 19 heavy (non-hydrogen) atoms. The van der Waals surface area contributed by atoms with Crippen molar-refractivity contribution < 1.29 is 4.74 Å². The molecule has 1 saturated heterocycles. The highest BCUT2D eigenvalue weighted by Crippen LogP contribution is 2.13. The lowest BCUT2D eigenvalue weighted by Crippen LogP contribution is -2.33. The summed E-state index contributed by atoms with van der Waals surface area (Å²) in [5.74, 6) is 0.468. The SMILES string of the molecule is CCOc1nc(Cl)nc(NC(C)CN2CCCC2)n1. The largest absolute Gasteiger partial charge is 0.464 e. The van der Waals surface area contributed by atoms with Crippen LogP contribution in [0.5, 0.6) is 6.01 Å². The number of rotatable bonds is 6. The Morgan fingerprint density at radius 3 is 2.74 bits per heavy atom. The molecule has 0 bridgehead atoms. The average Bonchev–Trinajstić information content (AvgIpc) is 2.81. The quantitative estimate of drug-likeness (QED) is 0.860. The third kappa shape index (κ3) is 4.47. The fourth-order valence-corrected chi connectivity index (χ4v) is 2.36. The van der Waals surface area contributed by atoms with Crippen LogP contribution in [-0.2, 0) is 0 Å². The second kappa shape index (κ2) is 6.86. The number of nitrogens with zero attached hydrogens (tertiary/aromatic N) is 4. The first-order valence-corrected chi connectivity index (χ1v) is 7.08. The maximum absolute atomic E-state index is 5.85. The van der Waals surface area contributed by atoms with Gasteiger partial charge in [0.25, 0.3) is 0 Å². The second-order valence-electron chi connectivity index (χ2n) is 4.70. The molecule has 1 aliphatic heterocycles. The zero-order valence-electron chi connectivity index (χ0n) is 11.4. The van der Waals surface area contributed by atoms with Crippen molar-refractivity contribution in [1.29, 1.82) is 0 Å². The van der Waals surface area contributed by atoms with E-state index in [2.05, 4.69) is 32.1 Å². The van der Waals surface area contributed by atoms with Crippen LogP contribution in [0.25, 0.3) is 0 Å². The number of nitrogens with one attached hydrogen (secondary N) is 1. The number of aromatic nitrogens is 3. The third-order valence-corrected chi connectivity index (χ3v) is 3.14. The molecule has 0 aliphatic carbocycles. The van der Waals surface area contributed by atoms with E-state index in [4.69, 9.17) is 16.3 Å². The van der Waals surface area contributed by atoms with Crippen LogP contribution in [0, 0.1) is 0 Å². The summed E-state index contributed by atoms with van der Waals surface area (Å²) in [5.41, 5.74) is 0. The Bertz CT molecular complexity index is 411. The summed E-state index contributed by atoms with van der Waals surface area (Å²) in [7, 11) is 0. The van der Waals surface area contributed by atoms with Gasteiger partial charge in [-0.3, -0.25) is 0 Å². The van der Waals surface area contributed by atoms with Crippen molar-refractivity contribution in [1.82, 2.24) is 19.9 Å². The summed E-state index contributed by atoms with van der Waals surface area (Å²) >= 11 is 5.85. The first kappa shape index (κ1) is 14.3. The van der Waals surface area contributed by atoms with Gasteiger partial charge >= 0.3 is 6.01 Å². The van der Waals surface area contributed by atoms with Crippen molar-refractivity contribution >= 4 is 17.5 Å². The zero-order chi connectivity index (χ0) is 13.7. The van der Waals surface area contributed by atoms with Crippen molar-refractivity contribution in [2.24, 2.45) is 0 Å². The predicted molar refractivity (Wildman–Crippen MR) is 74.8 cm³/mol. The molecule has 1 fully saturated rings. The van der Waals surface area contributed by atoms with E-state index in [0.717, 1.165) is 6.54 Å². The molecule has 1 aromatic rings. The number of likely N-dealkylation sites (tertiary alicyclic amines) is 1. The monoisotopic (exact) mass is 285 g/mol. The summed E-state index contributed by atoms with van der Waals surface area (Å²) in [4.78, 5) is 14.6. The van der Waals surface area contributed by atoms with Gasteiger partial charge < -0.3 is 15.0 Å². The molecule has 1 atom stereocenters. The minimum Gasteiger partial charge on any atom is -0.464 e. The molecule has 0 spiro atoms. The molecule has 2 rings (SSSR count). The average molecular weight is 286 g/mol. The van der Waals surface area contributed by atoms with Gasteiger partial charge in [0.05, 0.1) is 6.61 Å². The van der Waals surface area contributed by atoms with Crippen molar-refractivity contribution in [2.75, 3.05) is 31.6 Å². The molecule has 6 nitrogen and oxygen atoms in total. The van der Waals surface area contributed by atoms with Crippen molar-refractivity contribution in [3.05, 3.63) is 5.28 Å². The second-order valence-corrected chi connectivity index (χ2v) is 5.03. The van der Waals surface area contributed by atoms with E-state index < -0.39 is 0 Å². The fraction of sp³-hybridized carbons (Fsp3) is 0.750. The number of halogens is 1. The van der Waals surface area contributed by atoms with Crippen LogP contribution in [0.1, 0.15) is 26.7 Å². The van der Waals surface area contributed by atoms with Gasteiger partial charge in [0.1, 0.15) is 0 Å². The number of hydrogen-bond donors (Lipinski definition) is 1. The Balaban J connectivity index is 1.93. The van der Waals surface area contributed by atoms with Crippen molar-refractivity contribution in [2.45, 2.75) is 32.7 Å². The normalized spacial score (nSPS) is 17.4. The smallest absolute Gasteiger partial charge is 0.322 e. The van der Waals surface area contributed by atoms with Crippen molar-refractivity contribution in [3.63, 3.8) is 0 Å².